The summed E-state index contributed by atoms with van der Waals surface area (Å²) in [5.41, 5.74) is 1.17. The van der Waals surface area contributed by atoms with Crippen LogP contribution in [-0.2, 0) is 6.54 Å². The first-order chi connectivity index (χ1) is 7.81. The maximum atomic E-state index is 5.32. The predicted molar refractivity (Wildman–Crippen MR) is 66.2 cm³/mol. The number of hydrogen-bond donors (Lipinski definition) is 1. The van der Waals surface area contributed by atoms with Gasteiger partial charge in [-0.2, -0.15) is 0 Å². The van der Waals surface area contributed by atoms with E-state index in [4.69, 9.17) is 9.47 Å². The molecule has 90 valence electrons. The van der Waals surface area contributed by atoms with Crippen molar-refractivity contribution in [3.63, 3.8) is 0 Å². The van der Waals surface area contributed by atoms with Gasteiger partial charge >= 0.3 is 0 Å². The maximum Gasteiger partial charge on any atom is 0.127 e. The molecule has 0 aliphatic heterocycles. The Morgan fingerprint density at radius 3 is 2.62 bits per heavy atom. The van der Waals surface area contributed by atoms with E-state index in [-0.39, 0.29) is 0 Å². The van der Waals surface area contributed by atoms with Gasteiger partial charge in [-0.05, 0) is 19.0 Å². The molecular formula is C13H21NO2. The van der Waals surface area contributed by atoms with Gasteiger partial charge in [-0.3, -0.25) is 0 Å². The third kappa shape index (κ3) is 3.74. The third-order valence-corrected chi connectivity index (χ3v) is 2.52. The van der Waals surface area contributed by atoms with Crippen molar-refractivity contribution in [1.29, 1.82) is 0 Å². The van der Waals surface area contributed by atoms with E-state index in [0.29, 0.717) is 0 Å². The third-order valence-electron chi connectivity index (χ3n) is 2.52. The second kappa shape index (κ2) is 7.12. The molecule has 3 nitrogen and oxygen atoms in total. The van der Waals surface area contributed by atoms with Crippen LogP contribution in [0, 0.1) is 0 Å². The molecule has 0 saturated heterocycles. The van der Waals surface area contributed by atoms with Crippen molar-refractivity contribution in [2.45, 2.75) is 26.3 Å². The molecule has 1 rings (SSSR count). The number of nitrogens with one attached hydrogen (secondary N) is 1. The maximum absolute atomic E-state index is 5.32. The summed E-state index contributed by atoms with van der Waals surface area (Å²) >= 11 is 0. The smallest absolute Gasteiger partial charge is 0.127 e. The van der Waals surface area contributed by atoms with Gasteiger partial charge < -0.3 is 14.8 Å². The Kier molecular flexibility index (Phi) is 5.72. The Morgan fingerprint density at radius 1 is 1.19 bits per heavy atom. The quantitative estimate of drug-likeness (QED) is 0.721. The first kappa shape index (κ1) is 12.8. The zero-order chi connectivity index (χ0) is 11.8. The van der Waals surface area contributed by atoms with Crippen molar-refractivity contribution in [1.82, 2.24) is 5.32 Å². The number of benzene rings is 1. The molecule has 0 aliphatic carbocycles. The molecule has 0 saturated carbocycles. The van der Waals surface area contributed by atoms with Crippen molar-refractivity contribution in [2.75, 3.05) is 20.8 Å². The van der Waals surface area contributed by atoms with E-state index in [9.17, 15) is 0 Å². The summed E-state index contributed by atoms with van der Waals surface area (Å²) in [4.78, 5) is 0. The van der Waals surface area contributed by atoms with E-state index < -0.39 is 0 Å². The van der Waals surface area contributed by atoms with Gasteiger partial charge in [0.05, 0.1) is 14.2 Å². The molecule has 0 spiro atoms. The Balaban J connectivity index is 2.57. The Bertz CT molecular complexity index is 313. The lowest BCUT2D eigenvalue weighted by atomic mass is 10.2. The molecule has 0 amide bonds. The van der Waals surface area contributed by atoms with Crippen LogP contribution in [0.15, 0.2) is 18.2 Å². The molecule has 0 heterocycles. The minimum absolute atomic E-state index is 0.828. The summed E-state index contributed by atoms with van der Waals surface area (Å²) in [5.74, 6) is 1.71. The van der Waals surface area contributed by atoms with Gasteiger partial charge in [0.15, 0.2) is 0 Å². The van der Waals surface area contributed by atoms with Gasteiger partial charge in [0, 0.05) is 18.2 Å². The zero-order valence-corrected chi connectivity index (χ0v) is 10.4. The molecule has 0 radical (unpaired) electrons. The lowest BCUT2D eigenvalue weighted by molar-refractivity contribution is 0.390. The van der Waals surface area contributed by atoms with Crippen molar-refractivity contribution in [3.05, 3.63) is 23.8 Å². The average molecular weight is 223 g/mol. The fraction of sp³-hybridized carbons (Fsp3) is 0.538. The molecule has 0 fully saturated rings. The summed E-state index contributed by atoms with van der Waals surface area (Å²) in [6, 6.07) is 5.91. The van der Waals surface area contributed by atoms with Crippen molar-refractivity contribution >= 4 is 0 Å². The van der Waals surface area contributed by atoms with Crippen LogP contribution in [0.3, 0.4) is 0 Å². The molecule has 1 N–H and O–H groups in total. The van der Waals surface area contributed by atoms with Gasteiger partial charge in [0.2, 0.25) is 0 Å². The Hall–Kier alpha value is -1.22. The van der Waals surface area contributed by atoms with Gasteiger partial charge in [0.25, 0.3) is 0 Å². The average Bonchev–Trinajstić information content (AvgIpc) is 2.34. The van der Waals surface area contributed by atoms with Gasteiger partial charge in [-0.1, -0.05) is 19.4 Å². The number of methoxy groups -OCH3 is 2. The highest BCUT2D eigenvalue weighted by molar-refractivity contribution is 5.40. The second-order valence-corrected chi connectivity index (χ2v) is 3.71. The molecule has 0 unspecified atom stereocenters. The van der Waals surface area contributed by atoms with E-state index in [1.807, 2.05) is 18.2 Å². The SMILES string of the molecule is CCCCNCc1ccc(OC)cc1OC. The van der Waals surface area contributed by atoms with E-state index in [1.165, 1.54) is 18.4 Å². The normalized spacial score (nSPS) is 10.2. The fourth-order valence-electron chi connectivity index (χ4n) is 1.52. The van der Waals surface area contributed by atoms with Crippen molar-refractivity contribution < 1.29 is 9.47 Å². The summed E-state index contributed by atoms with van der Waals surface area (Å²) in [7, 11) is 3.35. The monoisotopic (exact) mass is 223 g/mol. The zero-order valence-electron chi connectivity index (χ0n) is 10.4. The summed E-state index contributed by atoms with van der Waals surface area (Å²) in [6.45, 7) is 4.08. The summed E-state index contributed by atoms with van der Waals surface area (Å²) in [6.07, 6.45) is 2.42. The van der Waals surface area contributed by atoms with Crippen molar-refractivity contribution in [3.8, 4) is 11.5 Å². The second-order valence-electron chi connectivity index (χ2n) is 3.71. The Labute approximate surface area is 97.8 Å². The lowest BCUT2D eigenvalue weighted by Crippen LogP contribution is -2.15. The molecule has 0 aliphatic rings. The van der Waals surface area contributed by atoms with Gasteiger partial charge in [-0.15, -0.1) is 0 Å². The fourth-order valence-corrected chi connectivity index (χ4v) is 1.52. The Morgan fingerprint density at radius 2 is 2.00 bits per heavy atom. The van der Waals surface area contributed by atoms with Crippen LogP contribution in [0.2, 0.25) is 0 Å². The molecule has 0 atom stereocenters. The number of rotatable bonds is 7. The van der Waals surface area contributed by atoms with Crippen LogP contribution in [0.5, 0.6) is 11.5 Å². The molecule has 0 bridgehead atoms. The molecule has 1 aromatic rings. The number of hydrogen-bond acceptors (Lipinski definition) is 3. The van der Waals surface area contributed by atoms with E-state index >= 15 is 0 Å². The van der Waals surface area contributed by atoms with Crippen LogP contribution < -0.4 is 14.8 Å². The van der Waals surface area contributed by atoms with Crippen molar-refractivity contribution in [2.24, 2.45) is 0 Å². The van der Waals surface area contributed by atoms with E-state index in [0.717, 1.165) is 24.6 Å². The summed E-state index contributed by atoms with van der Waals surface area (Å²) in [5, 5.41) is 3.39. The van der Waals surface area contributed by atoms with E-state index in [1.54, 1.807) is 14.2 Å². The first-order valence-corrected chi connectivity index (χ1v) is 5.73. The van der Waals surface area contributed by atoms with Crippen LogP contribution in [0.4, 0.5) is 0 Å². The topological polar surface area (TPSA) is 30.5 Å². The molecule has 0 aromatic heterocycles. The van der Waals surface area contributed by atoms with Crippen LogP contribution >= 0.6 is 0 Å². The van der Waals surface area contributed by atoms with Gasteiger partial charge in [0.1, 0.15) is 11.5 Å². The predicted octanol–water partition coefficient (Wildman–Crippen LogP) is 2.59. The molecule has 1 aromatic carbocycles. The van der Waals surface area contributed by atoms with Crippen LogP contribution in [0.25, 0.3) is 0 Å². The lowest BCUT2D eigenvalue weighted by Gasteiger charge is -2.11. The summed E-state index contributed by atoms with van der Waals surface area (Å²) < 4.78 is 10.5. The number of unbranched alkanes of at least 4 members (excludes halogenated alkanes) is 1. The highest BCUT2D eigenvalue weighted by Gasteiger charge is 2.03. The first-order valence-electron chi connectivity index (χ1n) is 5.73. The van der Waals surface area contributed by atoms with Crippen LogP contribution in [0.1, 0.15) is 25.3 Å². The van der Waals surface area contributed by atoms with E-state index in [2.05, 4.69) is 12.2 Å². The standard InChI is InChI=1S/C13H21NO2/c1-4-5-8-14-10-11-6-7-12(15-2)9-13(11)16-3/h6-7,9,14H,4-5,8,10H2,1-3H3. The molecule has 16 heavy (non-hydrogen) atoms. The number of ether oxygens (including phenoxy) is 2. The largest absolute Gasteiger partial charge is 0.497 e. The highest BCUT2D eigenvalue weighted by Crippen LogP contribution is 2.24. The highest BCUT2D eigenvalue weighted by atomic mass is 16.5. The molecular weight excluding hydrogens is 202 g/mol. The van der Waals surface area contributed by atoms with Crippen LogP contribution in [-0.4, -0.2) is 20.8 Å². The minimum Gasteiger partial charge on any atom is -0.497 e. The van der Waals surface area contributed by atoms with Gasteiger partial charge in [-0.25, -0.2) is 0 Å². The minimum atomic E-state index is 0.828. The molecule has 3 heteroatoms.